The van der Waals surface area contributed by atoms with E-state index in [0.29, 0.717) is 21.4 Å². The standard InChI is InChI=1S/C15H11Cl2FO3/c1-20-15(19)10-6-5-9(7-13(10)18)8-21-14-11(16)3-2-4-12(14)17/h2-7H,8H2,1H3. The molecule has 0 bridgehead atoms. The van der Waals surface area contributed by atoms with Gasteiger partial charge in [0, 0.05) is 0 Å². The smallest absolute Gasteiger partial charge is 0.340 e. The van der Waals surface area contributed by atoms with Crippen LogP contribution in [0.1, 0.15) is 15.9 Å². The van der Waals surface area contributed by atoms with Crippen LogP contribution >= 0.6 is 23.2 Å². The molecule has 0 aromatic heterocycles. The summed E-state index contributed by atoms with van der Waals surface area (Å²) in [5.74, 6) is -1.07. The fourth-order valence-electron chi connectivity index (χ4n) is 1.70. The number of para-hydroxylation sites is 1. The molecule has 0 unspecified atom stereocenters. The number of rotatable bonds is 4. The van der Waals surface area contributed by atoms with Gasteiger partial charge in [-0.25, -0.2) is 9.18 Å². The predicted octanol–water partition coefficient (Wildman–Crippen LogP) is 4.50. The molecule has 0 saturated carbocycles. The van der Waals surface area contributed by atoms with Gasteiger partial charge in [0.15, 0.2) is 5.75 Å². The van der Waals surface area contributed by atoms with Gasteiger partial charge in [-0.05, 0) is 29.8 Å². The van der Waals surface area contributed by atoms with Crippen molar-refractivity contribution in [2.45, 2.75) is 6.61 Å². The predicted molar refractivity (Wildman–Crippen MR) is 78.5 cm³/mol. The number of carbonyl (C=O) groups excluding carboxylic acids is 1. The molecule has 2 rings (SSSR count). The molecule has 0 saturated heterocycles. The molecule has 0 heterocycles. The van der Waals surface area contributed by atoms with Crippen molar-refractivity contribution in [3.8, 4) is 5.75 Å². The maximum absolute atomic E-state index is 13.8. The van der Waals surface area contributed by atoms with Crippen molar-refractivity contribution in [1.82, 2.24) is 0 Å². The van der Waals surface area contributed by atoms with Crippen LogP contribution in [0.3, 0.4) is 0 Å². The zero-order valence-corrected chi connectivity index (χ0v) is 12.5. The average molecular weight is 329 g/mol. The van der Waals surface area contributed by atoms with Crippen LogP contribution in [0.25, 0.3) is 0 Å². The molecule has 110 valence electrons. The quantitative estimate of drug-likeness (QED) is 0.775. The minimum absolute atomic E-state index is 0.0713. The van der Waals surface area contributed by atoms with Gasteiger partial charge in [0.25, 0.3) is 0 Å². The van der Waals surface area contributed by atoms with Crippen LogP contribution in [-0.4, -0.2) is 13.1 Å². The van der Waals surface area contributed by atoms with Crippen LogP contribution in [0.5, 0.6) is 5.75 Å². The van der Waals surface area contributed by atoms with Crippen molar-refractivity contribution in [1.29, 1.82) is 0 Å². The molecule has 0 amide bonds. The summed E-state index contributed by atoms with van der Waals surface area (Å²) < 4.78 is 23.7. The van der Waals surface area contributed by atoms with Crippen LogP contribution in [0, 0.1) is 5.82 Å². The normalized spacial score (nSPS) is 10.3. The lowest BCUT2D eigenvalue weighted by molar-refractivity contribution is 0.0595. The second kappa shape index (κ2) is 6.78. The molecule has 3 nitrogen and oxygen atoms in total. The Morgan fingerprint density at radius 1 is 1.19 bits per heavy atom. The summed E-state index contributed by atoms with van der Waals surface area (Å²) in [6, 6.07) is 9.10. The topological polar surface area (TPSA) is 35.5 Å². The third-order valence-electron chi connectivity index (χ3n) is 2.74. The second-order valence-electron chi connectivity index (χ2n) is 4.15. The lowest BCUT2D eigenvalue weighted by Gasteiger charge is -2.10. The summed E-state index contributed by atoms with van der Waals surface area (Å²) in [6.45, 7) is 0.0713. The van der Waals surface area contributed by atoms with Gasteiger partial charge >= 0.3 is 5.97 Å². The Hall–Kier alpha value is -1.78. The molecule has 0 atom stereocenters. The van der Waals surface area contributed by atoms with Gasteiger partial charge in [-0.1, -0.05) is 35.3 Å². The van der Waals surface area contributed by atoms with Crippen LogP contribution < -0.4 is 4.74 Å². The lowest BCUT2D eigenvalue weighted by atomic mass is 10.1. The van der Waals surface area contributed by atoms with Gasteiger partial charge in [-0.15, -0.1) is 0 Å². The van der Waals surface area contributed by atoms with Gasteiger partial charge in [0.1, 0.15) is 12.4 Å². The minimum Gasteiger partial charge on any atom is -0.486 e. The molecular weight excluding hydrogens is 318 g/mol. The van der Waals surface area contributed by atoms with Crippen LogP contribution in [0.4, 0.5) is 4.39 Å². The molecule has 0 aliphatic heterocycles. The third kappa shape index (κ3) is 3.65. The van der Waals surface area contributed by atoms with E-state index in [-0.39, 0.29) is 12.2 Å². The van der Waals surface area contributed by atoms with Gasteiger partial charge in [0.2, 0.25) is 0 Å². The highest BCUT2D eigenvalue weighted by atomic mass is 35.5. The lowest BCUT2D eigenvalue weighted by Crippen LogP contribution is -2.05. The SMILES string of the molecule is COC(=O)c1ccc(COc2c(Cl)cccc2Cl)cc1F. The summed E-state index contributed by atoms with van der Waals surface area (Å²) >= 11 is 11.9. The zero-order valence-electron chi connectivity index (χ0n) is 11.0. The molecule has 21 heavy (non-hydrogen) atoms. The van der Waals surface area contributed by atoms with Crippen molar-refractivity contribution in [2.75, 3.05) is 7.11 Å². The third-order valence-corrected chi connectivity index (χ3v) is 3.34. The first-order valence-electron chi connectivity index (χ1n) is 5.96. The fraction of sp³-hybridized carbons (Fsp3) is 0.133. The van der Waals surface area contributed by atoms with Gasteiger partial charge in [-0.3, -0.25) is 0 Å². The number of benzene rings is 2. The molecule has 0 aliphatic rings. The van der Waals surface area contributed by atoms with Crippen LogP contribution in [0.15, 0.2) is 36.4 Å². The van der Waals surface area contributed by atoms with E-state index in [4.69, 9.17) is 27.9 Å². The van der Waals surface area contributed by atoms with Crippen molar-refractivity contribution in [2.24, 2.45) is 0 Å². The summed E-state index contributed by atoms with van der Waals surface area (Å²) in [5.41, 5.74) is 0.410. The van der Waals surface area contributed by atoms with Crippen LogP contribution in [-0.2, 0) is 11.3 Å². The fourth-order valence-corrected chi connectivity index (χ4v) is 2.21. The van der Waals surface area contributed by atoms with Crippen molar-refractivity contribution in [3.63, 3.8) is 0 Å². The largest absolute Gasteiger partial charge is 0.486 e. The van der Waals surface area contributed by atoms with Crippen molar-refractivity contribution in [3.05, 3.63) is 63.4 Å². The number of carbonyl (C=O) groups is 1. The first kappa shape index (κ1) is 15.6. The summed E-state index contributed by atoms with van der Waals surface area (Å²) in [4.78, 5) is 11.3. The summed E-state index contributed by atoms with van der Waals surface area (Å²) in [6.07, 6.45) is 0. The van der Waals surface area contributed by atoms with E-state index >= 15 is 0 Å². The molecule has 0 N–H and O–H groups in total. The molecule has 0 radical (unpaired) electrons. The van der Waals surface area contributed by atoms with Gasteiger partial charge < -0.3 is 9.47 Å². The van der Waals surface area contributed by atoms with Crippen LogP contribution in [0.2, 0.25) is 10.0 Å². The molecular formula is C15H11Cl2FO3. The maximum atomic E-state index is 13.8. The highest BCUT2D eigenvalue weighted by Gasteiger charge is 2.13. The Kier molecular flexibility index (Phi) is 5.04. The van der Waals surface area contributed by atoms with E-state index in [0.717, 1.165) is 0 Å². The van der Waals surface area contributed by atoms with E-state index in [9.17, 15) is 9.18 Å². The number of hydrogen-bond donors (Lipinski definition) is 0. The molecule has 0 spiro atoms. The zero-order chi connectivity index (χ0) is 15.4. The molecule has 0 aliphatic carbocycles. The van der Waals surface area contributed by atoms with Gasteiger partial charge in [-0.2, -0.15) is 0 Å². The number of ether oxygens (including phenoxy) is 2. The van der Waals surface area contributed by atoms with E-state index in [2.05, 4.69) is 4.74 Å². The van der Waals surface area contributed by atoms with Crippen molar-refractivity contribution < 1.29 is 18.7 Å². The van der Waals surface area contributed by atoms with E-state index in [1.54, 1.807) is 24.3 Å². The monoisotopic (exact) mass is 328 g/mol. The van der Waals surface area contributed by atoms with Crippen molar-refractivity contribution >= 4 is 29.2 Å². The Labute approximate surface area is 131 Å². The molecule has 2 aromatic rings. The molecule has 0 fully saturated rings. The molecule has 2 aromatic carbocycles. The summed E-state index contributed by atoms with van der Waals surface area (Å²) in [7, 11) is 1.19. The van der Waals surface area contributed by atoms with E-state index in [1.165, 1.54) is 19.2 Å². The first-order valence-corrected chi connectivity index (χ1v) is 6.72. The number of methoxy groups -OCH3 is 1. The first-order chi connectivity index (χ1) is 10.0. The van der Waals surface area contributed by atoms with E-state index < -0.39 is 11.8 Å². The summed E-state index contributed by atoms with van der Waals surface area (Å²) in [5, 5.41) is 0.739. The second-order valence-corrected chi connectivity index (χ2v) is 4.96. The Morgan fingerprint density at radius 3 is 2.43 bits per heavy atom. The molecule has 6 heteroatoms. The maximum Gasteiger partial charge on any atom is 0.340 e. The van der Waals surface area contributed by atoms with E-state index in [1.807, 2.05) is 0 Å². The highest BCUT2D eigenvalue weighted by molar-refractivity contribution is 6.37. The van der Waals surface area contributed by atoms with Gasteiger partial charge in [0.05, 0.1) is 22.7 Å². The number of halogens is 3. The Bertz CT molecular complexity index is 654. The Balaban J connectivity index is 2.14. The minimum atomic E-state index is -0.728. The number of hydrogen-bond acceptors (Lipinski definition) is 3. The number of esters is 1. The Morgan fingerprint density at radius 2 is 1.86 bits per heavy atom. The highest BCUT2D eigenvalue weighted by Crippen LogP contribution is 2.32. The average Bonchev–Trinajstić information content (AvgIpc) is 2.46.